The smallest absolute Gasteiger partial charge is 0.407 e. The fourth-order valence-corrected chi connectivity index (χ4v) is 2.01. The van der Waals surface area contributed by atoms with Gasteiger partial charge in [-0.2, -0.15) is 0 Å². The number of carbonyl (C=O) groups excluding carboxylic acids is 1. The van der Waals surface area contributed by atoms with E-state index in [0.717, 1.165) is 25.9 Å². The van der Waals surface area contributed by atoms with Crippen molar-refractivity contribution >= 4 is 6.09 Å². The summed E-state index contributed by atoms with van der Waals surface area (Å²) < 4.78 is 4.56. The molecule has 1 aliphatic heterocycles. The van der Waals surface area contributed by atoms with E-state index in [1.807, 2.05) is 18.7 Å². The van der Waals surface area contributed by atoms with Gasteiger partial charge in [0, 0.05) is 13.1 Å². The molecule has 0 aromatic rings. The number of nitrogens with one attached hydrogen (secondary N) is 1. The van der Waals surface area contributed by atoms with Gasteiger partial charge in [-0.25, -0.2) is 4.79 Å². The Kier molecular flexibility index (Phi) is 5.02. The first-order valence-electron chi connectivity index (χ1n) is 5.83. The molecule has 1 amide bonds. The van der Waals surface area contributed by atoms with Crippen molar-refractivity contribution < 1.29 is 14.6 Å². The van der Waals surface area contributed by atoms with Crippen LogP contribution < -0.4 is 5.32 Å². The number of hydrogen-bond donors (Lipinski definition) is 2. The van der Waals surface area contributed by atoms with Crippen molar-refractivity contribution in [3.05, 3.63) is 0 Å². The lowest BCUT2D eigenvalue weighted by molar-refractivity contribution is -0.0215. The van der Waals surface area contributed by atoms with Crippen LogP contribution in [-0.2, 0) is 4.74 Å². The molecule has 2 atom stereocenters. The van der Waals surface area contributed by atoms with E-state index in [1.165, 1.54) is 7.11 Å². The second kappa shape index (κ2) is 6.06. The number of aliphatic hydroxyl groups excluding tert-OH is 1. The van der Waals surface area contributed by atoms with Gasteiger partial charge in [0.05, 0.1) is 13.2 Å². The summed E-state index contributed by atoms with van der Waals surface area (Å²) in [6.07, 6.45) is 1.11. The van der Waals surface area contributed by atoms with Gasteiger partial charge in [0.1, 0.15) is 6.23 Å². The van der Waals surface area contributed by atoms with Crippen molar-refractivity contribution in [2.45, 2.75) is 39.0 Å². The van der Waals surface area contributed by atoms with E-state index in [1.54, 1.807) is 0 Å². The molecule has 0 aliphatic carbocycles. The number of hydrogen-bond acceptors (Lipinski definition) is 4. The standard InChI is InChI=1S/C11H22N2O3/c1-8(2)9(12-11(15)16-3)10(14)13-6-4-5-7-13/h8-10,14H,4-7H2,1-3H3,(H,12,15)/t9-,10?/m0/s1. The molecule has 0 radical (unpaired) electrons. The van der Waals surface area contributed by atoms with E-state index in [9.17, 15) is 9.90 Å². The average Bonchev–Trinajstić information content (AvgIpc) is 2.77. The molecule has 0 aromatic heterocycles. The summed E-state index contributed by atoms with van der Waals surface area (Å²) in [4.78, 5) is 13.2. The van der Waals surface area contributed by atoms with Crippen molar-refractivity contribution in [1.29, 1.82) is 0 Å². The highest BCUT2D eigenvalue weighted by Gasteiger charge is 2.30. The number of likely N-dealkylation sites (tertiary alicyclic amines) is 1. The minimum atomic E-state index is -0.624. The lowest BCUT2D eigenvalue weighted by Gasteiger charge is -2.32. The number of alkyl carbamates (subject to hydrolysis) is 1. The van der Waals surface area contributed by atoms with Gasteiger partial charge in [-0.1, -0.05) is 13.8 Å². The van der Waals surface area contributed by atoms with Gasteiger partial charge in [0.15, 0.2) is 0 Å². The molecule has 0 saturated carbocycles. The predicted molar refractivity (Wildman–Crippen MR) is 61.0 cm³/mol. The number of carbonyl (C=O) groups is 1. The van der Waals surface area contributed by atoms with Crippen molar-refractivity contribution in [3.63, 3.8) is 0 Å². The molecular weight excluding hydrogens is 208 g/mol. The Bertz CT molecular complexity index is 227. The first-order valence-corrected chi connectivity index (χ1v) is 5.83. The number of methoxy groups -OCH3 is 1. The Labute approximate surface area is 96.8 Å². The highest BCUT2D eigenvalue weighted by atomic mass is 16.5. The lowest BCUT2D eigenvalue weighted by Crippen LogP contribution is -2.53. The number of nitrogens with zero attached hydrogens (tertiary/aromatic N) is 1. The van der Waals surface area contributed by atoms with Gasteiger partial charge in [0.25, 0.3) is 0 Å². The Hall–Kier alpha value is -0.810. The topological polar surface area (TPSA) is 61.8 Å². The maximum absolute atomic E-state index is 11.2. The van der Waals surface area contributed by atoms with Crippen LogP contribution in [0.25, 0.3) is 0 Å². The lowest BCUT2D eigenvalue weighted by atomic mass is 10.0. The van der Waals surface area contributed by atoms with Crippen LogP contribution in [0.1, 0.15) is 26.7 Å². The van der Waals surface area contributed by atoms with Crippen LogP contribution >= 0.6 is 0 Å². The maximum Gasteiger partial charge on any atom is 0.407 e. The Morgan fingerprint density at radius 1 is 1.38 bits per heavy atom. The molecule has 0 spiro atoms. The van der Waals surface area contributed by atoms with E-state index in [4.69, 9.17) is 0 Å². The highest BCUT2D eigenvalue weighted by Crippen LogP contribution is 2.16. The summed E-state index contributed by atoms with van der Waals surface area (Å²) in [6.45, 7) is 5.74. The summed E-state index contributed by atoms with van der Waals surface area (Å²) in [7, 11) is 1.33. The molecule has 1 unspecified atom stereocenters. The molecule has 5 heteroatoms. The summed E-state index contributed by atoms with van der Waals surface area (Å²) in [5, 5.41) is 12.9. The van der Waals surface area contributed by atoms with Gasteiger partial charge in [-0.05, 0) is 18.8 Å². The zero-order valence-corrected chi connectivity index (χ0v) is 10.3. The van der Waals surface area contributed by atoms with Crippen LogP contribution in [0.3, 0.4) is 0 Å². The summed E-state index contributed by atoms with van der Waals surface area (Å²) in [6, 6.07) is -0.287. The summed E-state index contributed by atoms with van der Waals surface area (Å²) in [5.74, 6) is 0.162. The summed E-state index contributed by atoms with van der Waals surface area (Å²) in [5.41, 5.74) is 0. The molecule has 1 fully saturated rings. The largest absolute Gasteiger partial charge is 0.453 e. The normalized spacial score (nSPS) is 20.8. The van der Waals surface area contributed by atoms with Crippen LogP contribution in [0.2, 0.25) is 0 Å². The zero-order chi connectivity index (χ0) is 12.1. The first-order chi connectivity index (χ1) is 7.56. The van der Waals surface area contributed by atoms with Gasteiger partial charge in [0.2, 0.25) is 0 Å². The monoisotopic (exact) mass is 230 g/mol. The van der Waals surface area contributed by atoms with Gasteiger partial charge in [-0.15, -0.1) is 0 Å². The van der Waals surface area contributed by atoms with E-state index in [-0.39, 0.29) is 12.0 Å². The Morgan fingerprint density at radius 2 is 1.94 bits per heavy atom. The number of ether oxygens (including phenoxy) is 1. The molecule has 1 aliphatic rings. The van der Waals surface area contributed by atoms with E-state index < -0.39 is 12.3 Å². The SMILES string of the molecule is COC(=O)N[C@@H](C(C)C)C(O)N1CCCC1. The fraction of sp³-hybridized carbons (Fsp3) is 0.909. The zero-order valence-electron chi connectivity index (χ0n) is 10.3. The molecular formula is C11H22N2O3. The third-order valence-electron chi connectivity index (χ3n) is 3.02. The molecule has 5 nitrogen and oxygen atoms in total. The highest BCUT2D eigenvalue weighted by molar-refractivity contribution is 5.67. The molecule has 1 saturated heterocycles. The van der Waals surface area contributed by atoms with Crippen LogP contribution in [0.15, 0.2) is 0 Å². The molecule has 2 N–H and O–H groups in total. The van der Waals surface area contributed by atoms with Gasteiger partial charge >= 0.3 is 6.09 Å². The molecule has 16 heavy (non-hydrogen) atoms. The van der Waals surface area contributed by atoms with Crippen molar-refractivity contribution in [2.24, 2.45) is 5.92 Å². The number of rotatable bonds is 4. The van der Waals surface area contributed by atoms with Gasteiger partial charge in [-0.3, -0.25) is 4.90 Å². The van der Waals surface area contributed by atoms with Crippen LogP contribution in [0, 0.1) is 5.92 Å². The minimum absolute atomic E-state index is 0.162. The molecule has 1 heterocycles. The first kappa shape index (κ1) is 13.3. The van der Waals surface area contributed by atoms with Crippen molar-refractivity contribution in [1.82, 2.24) is 10.2 Å². The Morgan fingerprint density at radius 3 is 2.38 bits per heavy atom. The van der Waals surface area contributed by atoms with E-state index in [0.29, 0.717) is 0 Å². The van der Waals surface area contributed by atoms with Crippen LogP contribution in [0.5, 0.6) is 0 Å². The molecule has 0 aromatic carbocycles. The molecule has 94 valence electrons. The predicted octanol–water partition coefficient (Wildman–Crippen LogP) is 0.781. The van der Waals surface area contributed by atoms with E-state index >= 15 is 0 Å². The minimum Gasteiger partial charge on any atom is -0.453 e. The quantitative estimate of drug-likeness (QED) is 0.749. The second-order valence-corrected chi connectivity index (χ2v) is 4.56. The van der Waals surface area contributed by atoms with E-state index in [2.05, 4.69) is 10.1 Å². The molecule has 0 bridgehead atoms. The fourth-order valence-electron chi connectivity index (χ4n) is 2.01. The maximum atomic E-state index is 11.2. The van der Waals surface area contributed by atoms with Crippen molar-refractivity contribution in [2.75, 3.05) is 20.2 Å². The third kappa shape index (κ3) is 3.35. The van der Waals surface area contributed by atoms with Crippen LogP contribution in [0.4, 0.5) is 4.79 Å². The number of aliphatic hydroxyl groups is 1. The third-order valence-corrected chi connectivity index (χ3v) is 3.02. The second-order valence-electron chi connectivity index (χ2n) is 4.56. The Balaban J connectivity index is 2.57. The summed E-state index contributed by atoms with van der Waals surface area (Å²) >= 11 is 0. The average molecular weight is 230 g/mol. The van der Waals surface area contributed by atoms with Gasteiger partial charge < -0.3 is 15.2 Å². The van der Waals surface area contributed by atoms with Crippen LogP contribution in [-0.4, -0.2) is 48.6 Å². The molecule has 1 rings (SSSR count). The van der Waals surface area contributed by atoms with Crippen molar-refractivity contribution in [3.8, 4) is 0 Å². The number of amides is 1.